The Kier molecular flexibility index (Phi) is 3.43. The molecule has 0 aliphatic rings. The first-order valence-electron chi connectivity index (χ1n) is 6.17. The fourth-order valence-corrected chi connectivity index (χ4v) is 2.35. The largest absolute Gasteiger partial charge is 0.251 e. The van der Waals surface area contributed by atoms with E-state index >= 15 is 0 Å². The molecule has 2 aromatic carbocycles. The van der Waals surface area contributed by atoms with Crippen molar-refractivity contribution >= 4 is 10.8 Å². The van der Waals surface area contributed by atoms with E-state index < -0.39 is 10.8 Å². The van der Waals surface area contributed by atoms with Crippen molar-refractivity contribution in [2.75, 3.05) is 6.26 Å². The van der Waals surface area contributed by atoms with Crippen molar-refractivity contribution in [1.29, 1.82) is 0 Å². The SMILES string of the molecule is CS(=O)c1nc(-c2ccccc2)n(-c2ccccc2)n1. The van der Waals surface area contributed by atoms with Gasteiger partial charge in [-0.15, -0.1) is 5.10 Å². The second-order valence-corrected chi connectivity index (χ2v) is 5.56. The van der Waals surface area contributed by atoms with Crippen LogP contribution in [-0.4, -0.2) is 25.2 Å². The van der Waals surface area contributed by atoms with E-state index in [1.165, 1.54) is 0 Å². The van der Waals surface area contributed by atoms with E-state index in [0.717, 1.165) is 11.3 Å². The summed E-state index contributed by atoms with van der Waals surface area (Å²) >= 11 is 0. The van der Waals surface area contributed by atoms with Gasteiger partial charge in [-0.3, -0.25) is 4.21 Å². The normalized spacial score (nSPS) is 12.2. The number of nitrogens with zero attached hydrogens (tertiary/aromatic N) is 3. The highest BCUT2D eigenvalue weighted by molar-refractivity contribution is 7.84. The van der Waals surface area contributed by atoms with E-state index in [2.05, 4.69) is 10.1 Å². The third kappa shape index (κ3) is 2.40. The van der Waals surface area contributed by atoms with Crippen LogP contribution in [0.4, 0.5) is 0 Å². The van der Waals surface area contributed by atoms with E-state index in [1.807, 2.05) is 60.7 Å². The van der Waals surface area contributed by atoms with Gasteiger partial charge in [0.15, 0.2) is 5.82 Å². The third-order valence-corrected chi connectivity index (χ3v) is 3.56. The van der Waals surface area contributed by atoms with Crippen LogP contribution in [0.5, 0.6) is 0 Å². The maximum atomic E-state index is 11.6. The fraction of sp³-hybridized carbons (Fsp3) is 0.0667. The molecule has 1 aromatic heterocycles. The molecular formula is C15H13N3OS. The summed E-state index contributed by atoms with van der Waals surface area (Å²) in [6, 6.07) is 19.5. The van der Waals surface area contributed by atoms with Gasteiger partial charge in [-0.05, 0) is 12.1 Å². The lowest BCUT2D eigenvalue weighted by atomic mass is 10.2. The summed E-state index contributed by atoms with van der Waals surface area (Å²) in [6.45, 7) is 0. The molecule has 0 saturated heterocycles. The highest BCUT2D eigenvalue weighted by Gasteiger charge is 2.15. The van der Waals surface area contributed by atoms with Crippen LogP contribution in [-0.2, 0) is 10.8 Å². The molecule has 0 fully saturated rings. The second kappa shape index (κ2) is 5.38. The molecule has 100 valence electrons. The maximum absolute atomic E-state index is 11.6. The number of para-hydroxylation sites is 1. The predicted molar refractivity (Wildman–Crippen MR) is 79.1 cm³/mol. The van der Waals surface area contributed by atoms with Crippen molar-refractivity contribution in [3.05, 3.63) is 60.7 Å². The van der Waals surface area contributed by atoms with Crippen molar-refractivity contribution in [3.63, 3.8) is 0 Å². The van der Waals surface area contributed by atoms with E-state index in [-0.39, 0.29) is 0 Å². The number of rotatable bonds is 3. The van der Waals surface area contributed by atoms with Crippen LogP contribution in [0, 0.1) is 0 Å². The minimum atomic E-state index is -1.21. The molecule has 0 aliphatic heterocycles. The van der Waals surface area contributed by atoms with Gasteiger partial charge < -0.3 is 0 Å². The number of aromatic nitrogens is 3. The van der Waals surface area contributed by atoms with Gasteiger partial charge >= 0.3 is 0 Å². The summed E-state index contributed by atoms with van der Waals surface area (Å²) in [5, 5.41) is 4.70. The summed E-state index contributed by atoms with van der Waals surface area (Å²) in [5.74, 6) is 0.696. The van der Waals surface area contributed by atoms with Crippen LogP contribution in [0.3, 0.4) is 0 Å². The second-order valence-electron chi connectivity index (χ2n) is 4.29. The summed E-state index contributed by atoms with van der Waals surface area (Å²) < 4.78 is 13.4. The Labute approximate surface area is 119 Å². The van der Waals surface area contributed by atoms with Crippen LogP contribution in [0.2, 0.25) is 0 Å². The van der Waals surface area contributed by atoms with Crippen molar-refractivity contribution in [3.8, 4) is 17.1 Å². The molecule has 0 aliphatic carbocycles. The Bertz CT molecular complexity index is 681. The molecule has 1 heterocycles. The smallest absolute Gasteiger partial charge is 0.239 e. The molecule has 4 nitrogen and oxygen atoms in total. The molecule has 1 unspecified atom stereocenters. The molecule has 20 heavy (non-hydrogen) atoms. The summed E-state index contributed by atoms with van der Waals surface area (Å²) in [7, 11) is -1.21. The fourth-order valence-electron chi connectivity index (χ4n) is 1.94. The number of benzene rings is 2. The molecule has 0 amide bonds. The first-order chi connectivity index (χ1) is 9.75. The summed E-state index contributed by atoms with van der Waals surface area (Å²) in [5.41, 5.74) is 1.84. The van der Waals surface area contributed by atoms with Crippen LogP contribution < -0.4 is 0 Å². The highest BCUT2D eigenvalue weighted by atomic mass is 32.2. The summed E-state index contributed by atoms with van der Waals surface area (Å²) in [6.07, 6.45) is 1.58. The van der Waals surface area contributed by atoms with Crippen LogP contribution in [0.15, 0.2) is 65.8 Å². The third-order valence-electron chi connectivity index (χ3n) is 2.88. The predicted octanol–water partition coefficient (Wildman–Crippen LogP) is 2.67. The topological polar surface area (TPSA) is 47.8 Å². The molecule has 0 saturated carbocycles. The standard InChI is InChI=1S/C15H13N3OS/c1-20(19)15-16-14(12-8-4-2-5-9-12)18(17-15)13-10-6-3-7-11-13/h2-11H,1H3. The average Bonchev–Trinajstić information content (AvgIpc) is 2.94. The van der Waals surface area contributed by atoms with Crippen LogP contribution in [0.25, 0.3) is 17.1 Å². The van der Waals surface area contributed by atoms with E-state index in [0.29, 0.717) is 11.0 Å². The average molecular weight is 283 g/mol. The number of hydrogen-bond donors (Lipinski definition) is 0. The quantitative estimate of drug-likeness (QED) is 0.742. The minimum Gasteiger partial charge on any atom is -0.251 e. The van der Waals surface area contributed by atoms with Crippen LogP contribution >= 0.6 is 0 Å². The lowest BCUT2D eigenvalue weighted by Gasteiger charge is -2.05. The molecule has 0 N–H and O–H groups in total. The van der Waals surface area contributed by atoms with Gasteiger partial charge in [-0.2, -0.15) is 4.98 Å². The van der Waals surface area contributed by atoms with Gasteiger partial charge in [0.05, 0.1) is 16.5 Å². The Morgan fingerprint density at radius 3 is 2.15 bits per heavy atom. The number of hydrogen-bond acceptors (Lipinski definition) is 3. The van der Waals surface area contributed by atoms with Gasteiger partial charge in [0.25, 0.3) is 0 Å². The van der Waals surface area contributed by atoms with E-state index in [4.69, 9.17) is 0 Å². The molecular weight excluding hydrogens is 270 g/mol. The lowest BCUT2D eigenvalue weighted by Crippen LogP contribution is -1.99. The Hall–Kier alpha value is -2.27. The van der Waals surface area contributed by atoms with Gasteiger partial charge in [0.2, 0.25) is 5.16 Å². The van der Waals surface area contributed by atoms with Gasteiger partial charge in [-0.1, -0.05) is 48.5 Å². The van der Waals surface area contributed by atoms with E-state index in [1.54, 1.807) is 10.9 Å². The van der Waals surface area contributed by atoms with E-state index in [9.17, 15) is 4.21 Å². The summed E-state index contributed by atoms with van der Waals surface area (Å²) in [4.78, 5) is 4.41. The van der Waals surface area contributed by atoms with Gasteiger partial charge in [-0.25, -0.2) is 4.68 Å². The van der Waals surface area contributed by atoms with Gasteiger partial charge in [0.1, 0.15) is 0 Å². The highest BCUT2D eigenvalue weighted by Crippen LogP contribution is 2.21. The van der Waals surface area contributed by atoms with Crippen LogP contribution in [0.1, 0.15) is 0 Å². The van der Waals surface area contributed by atoms with Crippen molar-refractivity contribution in [1.82, 2.24) is 14.8 Å². The van der Waals surface area contributed by atoms with Crippen molar-refractivity contribution in [2.24, 2.45) is 0 Å². The van der Waals surface area contributed by atoms with Crippen molar-refractivity contribution < 1.29 is 4.21 Å². The Balaban J connectivity index is 2.20. The first-order valence-corrected chi connectivity index (χ1v) is 7.73. The Morgan fingerprint density at radius 1 is 0.950 bits per heavy atom. The van der Waals surface area contributed by atoms with Crippen molar-refractivity contribution in [2.45, 2.75) is 5.16 Å². The molecule has 1 atom stereocenters. The lowest BCUT2D eigenvalue weighted by molar-refractivity contribution is 0.678. The molecule has 5 heteroatoms. The monoisotopic (exact) mass is 283 g/mol. The Morgan fingerprint density at radius 2 is 1.55 bits per heavy atom. The molecule has 0 bridgehead atoms. The van der Waals surface area contributed by atoms with Gasteiger partial charge in [0, 0.05) is 11.8 Å². The zero-order chi connectivity index (χ0) is 13.9. The molecule has 0 spiro atoms. The maximum Gasteiger partial charge on any atom is 0.239 e. The minimum absolute atomic E-state index is 0.340. The molecule has 3 aromatic rings. The zero-order valence-electron chi connectivity index (χ0n) is 10.9. The zero-order valence-corrected chi connectivity index (χ0v) is 11.7. The molecule has 0 radical (unpaired) electrons. The first kappa shape index (κ1) is 12.7. The molecule has 3 rings (SSSR count).